The van der Waals surface area contributed by atoms with Crippen LogP contribution in [-0.2, 0) is 33.0 Å². The molecule has 0 unspecified atom stereocenters. The van der Waals surface area contributed by atoms with E-state index in [1.807, 2.05) is 43.9 Å². The lowest BCUT2D eigenvalue weighted by Gasteiger charge is -2.07. The largest absolute Gasteiger partial charge is 0.489 e. The third-order valence-corrected chi connectivity index (χ3v) is 6.67. The van der Waals surface area contributed by atoms with Gasteiger partial charge >= 0.3 is 0 Å². The molecule has 1 N–H and O–H groups in total. The fourth-order valence-electron chi connectivity index (χ4n) is 4.06. The molecule has 0 atom stereocenters. The van der Waals surface area contributed by atoms with Gasteiger partial charge in [-0.15, -0.1) is 11.3 Å². The number of hydrogen-bond donors (Lipinski definition) is 1. The van der Waals surface area contributed by atoms with Gasteiger partial charge in [0, 0.05) is 30.6 Å². The van der Waals surface area contributed by atoms with Gasteiger partial charge in [-0.3, -0.25) is 14.2 Å². The summed E-state index contributed by atoms with van der Waals surface area (Å²) < 4.78 is 9.54. The summed E-state index contributed by atoms with van der Waals surface area (Å²) in [6, 6.07) is 8.23. The number of ether oxygens (including phenoxy) is 1. The summed E-state index contributed by atoms with van der Waals surface area (Å²) in [7, 11) is 1.90. The van der Waals surface area contributed by atoms with Crippen LogP contribution in [0.3, 0.4) is 0 Å². The summed E-state index contributed by atoms with van der Waals surface area (Å²) in [5.41, 5.74) is 6.56. The van der Waals surface area contributed by atoms with Gasteiger partial charge in [0.2, 0.25) is 0 Å². The highest BCUT2D eigenvalue weighted by atomic mass is 32.1. The van der Waals surface area contributed by atoms with Crippen molar-refractivity contribution in [2.75, 3.05) is 5.32 Å². The zero-order valence-corrected chi connectivity index (χ0v) is 19.0. The molecule has 164 valence electrons. The standard InChI is InChI=1S/C24H25N5O2S/c1-16-20(11-28(2)27-16)12-29-13-21(10-25-29)26-24(30)23-8-17(15-32-23)14-31-22-7-6-18-4-3-5-19(18)9-22/h6-11,13,15H,3-5,12,14H2,1-2H3,(H,26,30). The van der Waals surface area contributed by atoms with Crippen molar-refractivity contribution in [2.24, 2.45) is 7.05 Å². The average Bonchev–Trinajstić information content (AvgIpc) is 3.55. The molecule has 4 aromatic rings. The third-order valence-electron chi connectivity index (χ3n) is 5.69. The van der Waals surface area contributed by atoms with Gasteiger partial charge in [-0.05, 0) is 60.9 Å². The van der Waals surface area contributed by atoms with E-state index < -0.39 is 0 Å². The van der Waals surface area contributed by atoms with Gasteiger partial charge in [0.25, 0.3) is 5.91 Å². The summed E-state index contributed by atoms with van der Waals surface area (Å²) >= 11 is 1.42. The van der Waals surface area contributed by atoms with E-state index in [9.17, 15) is 4.79 Å². The van der Waals surface area contributed by atoms with Gasteiger partial charge in [-0.1, -0.05) is 6.07 Å². The Balaban J connectivity index is 1.17. The minimum Gasteiger partial charge on any atom is -0.489 e. The van der Waals surface area contributed by atoms with E-state index in [2.05, 4.69) is 27.6 Å². The SMILES string of the molecule is Cc1nn(C)cc1Cn1cc(NC(=O)c2cc(COc3ccc4c(c3)CCC4)cs2)cn1. The van der Waals surface area contributed by atoms with Crippen LogP contribution in [-0.4, -0.2) is 25.5 Å². The van der Waals surface area contributed by atoms with E-state index in [1.54, 1.807) is 15.6 Å². The molecule has 0 saturated heterocycles. The van der Waals surface area contributed by atoms with Crippen molar-refractivity contribution in [2.45, 2.75) is 39.3 Å². The number of aromatic nitrogens is 4. The Hall–Kier alpha value is -3.39. The number of nitrogens with zero attached hydrogens (tertiary/aromatic N) is 4. The molecule has 0 saturated carbocycles. The van der Waals surface area contributed by atoms with Crippen LogP contribution in [0, 0.1) is 6.92 Å². The van der Waals surface area contributed by atoms with Gasteiger partial charge in [0.15, 0.2) is 0 Å². The molecule has 1 amide bonds. The molecule has 1 aromatic carbocycles. The van der Waals surface area contributed by atoms with Crippen molar-refractivity contribution in [3.63, 3.8) is 0 Å². The predicted molar refractivity (Wildman–Crippen MR) is 124 cm³/mol. The van der Waals surface area contributed by atoms with Crippen molar-refractivity contribution >= 4 is 22.9 Å². The predicted octanol–water partition coefficient (Wildman–Crippen LogP) is 4.35. The van der Waals surface area contributed by atoms with E-state index in [4.69, 9.17) is 4.74 Å². The van der Waals surface area contributed by atoms with Crippen LogP contribution in [0.2, 0.25) is 0 Å². The first-order valence-electron chi connectivity index (χ1n) is 10.7. The van der Waals surface area contributed by atoms with Crippen molar-refractivity contribution < 1.29 is 9.53 Å². The molecule has 0 fully saturated rings. The number of nitrogens with one attached hydrogen (secondary N) is 1. The van der Waals surface area contributed by atoms with Gasteiger partial charge in [0.1, 0.15) is 12.4 Å². The number of carbonyl (C=O) groups excluding carboxylic acids is 1. The maximum atomic E-state index is 12.7. The third kappa shape index (κ3) is 4.45. The van der Waals surface area contributed by atoms with E-state index >= 15 is 0 Å². The lowest BCUT2D eigenvalue weighted by atomic mass is 10.1. The van der Waals surface area contributed by atoms with E-state index in [0.29, 0.717) is 23.7 Å². The Labute approximate surface area is 190 Å². The second-order valence-electron chi connectivity index (χ2n) is 8.19. The lowest BCUT2D eigenvalue weighted by molar-refractivity contribution is 0.103. The first kappa shape index (κ1) is 20.5. The van der Waals surface area contributed by atoms with E-state index in [1.165, 1.54) is 35.3 Å². The highest BCUT2D eigenvalue weighted by Gasteiger charge is 2.14. The second-order valence-corrected chi connectivity index (χ2v) is 9.10. The first-order chi connectivity index (χ1) is 15.5. The zero-order chi connectivity index (χ0) is 22.1. The molecule has 1 aliphatic rings. The average molecular weight is 448 g/mol. The molecule has 0 aliphatic heterocycles. The topological polar surface area (TPSA) is 74.0 Å². The highest BCUT2D eigenvalue weighted by molar-refractivity contribution is 7.12. The van der Waals surface area contributed by atoms with Gasteiger partial charge in [-0.2, -0.15) is 10.2 Å². The molecule has 0 spiro atoms. The number of benzene rings is 1. The highest BCUT2D eigenvalue weighted by Crippen LogP contribution is 2.27. The number of amides is 1. The minimum absolute atomic E-state index is 0.143. The molecular formula is C24H25N5O2S. The maximum absolute atomic E-state index is 12.7. The van der Waals surface area contributed by atoms with Crippen molar-refractivity contribution in [1.82, 2.24) is 19.6 Å². The summed E-state index contributed by atoms with van der Waals surface area (Å²) in [5, 5.41) is 13.6. The molecule has 0 radical (unpaired) electrons. The van der Waals surface area contributed by atoms with Gasteiger partial charge in [0.05, 0.1) is 29.0 Å². The lowest BCUT2D eigenvalue weighted by Crippen LogP contribution is -2.09. The molecule has 1 aliphatic carbocycles. The molecule has 5 rings (SSSR count). The van der Waals surface area contributed by atoms with Crippen LogP contribution in [0.4, 0.5) is 5.69 Å². The molecule has 0 bridgehead atoms. The number of thiophene rings is 1. The van der Waals surface area contributed by atoms with Crippen LogP contribution in [0.25, 0.3) is 0 Å². The first-order valence-corrected chi connectivity index (χ1v) is 11.6. The van der Waals surface area contributed by atoms with Crippen LogP contribution < -0.4 is 10.1 Å². The molecule has 8 heteroatoms. The fraction of sp³-hybridized carbons (Fsp3) is 0.292. The van der Waals surface area contributed by atoms with Crippen molar-refractivity contribution in [3.05, 3.63) is 81.1 Å². The van der Waals surface area contributed by atoms with Crippen molar-refractivity contribution in [3.8, 4) is 5.75 Å². The second kappa shape index (κ2) is 8.63. The number of carbonyl (C=O) groups is 1. The molecular weight excluding hydrogens is 422 g/mol. The number of aryl methyl sites for hydroxylation is 4. The van der Waals surface area contributed by atoms with Crippen LogP contribution in [0.15, 0.2) is 48.2 Å². The Morgan fingerprint density at radius 3 is 2.94 bits per heavy atom. The number of hydrogen-bond acceptors (Lipinski definition) is 5. The van der Waals surface area contributed by atoms with Gasteiger partial charge < -0.3 is 10.1 Å². The van der Waals surface area contributed by atoms with E-state index in [0.717, 1.165) is 29.0 Å². The Morgan fingerprint density at radius 2 is 2.09 bits per heavy atom. The molecule has 7 nitrogen and oxygen atoms in total. The minimum atomic E-state index is -0.143. The molecule has 3 aromatic heterocycles. The summed E-state index contributed by atoms with van der Waals surface area (Å²) in [6.07, 6.45) is 9.00. The normalized spacial score (nSPS) is 12.7. The Bertz CT molecular complexity index is 1270. The summed E-state index contributed by atoms with van der Waals surface area (Å²) in [5.74, 6) is 0.745. The van der Waals surface area contributed by atoms with Crippen molar-refractivity contribution in [1.29, 1.82) is 0 Å². The summed E-state index contributed by atoms with van der Waals surface area (Å²) in [6.45, 7) is 3.04. The Morgan fingerprint density at radius 1 is 1.22 bits per heavy atom. The van der Waals surface area contributed by atoms with Crippen LogP contribution >= 0.6 is 11.3 Å². The smallest absolute Gasteiger partial charge is 0.265 e. The zero-order valence-electron chi connectivity index (χ0n) is 18.2. The maximum Gasteiger partial charge on any atom is 0.265 e. The Kier molecular flexibility index (Phi) is 5.53. The van der Waals surface area contributed by atoms with E-state index in [-0.39, 0.29) is 5.91 Å². The molecule has 32 heavy (non-hydrogen) atoms. The summed E-state index contributed by atoms with van der Waals surface area (Å²) in [4.78, 5) is 13.3. The quantitative estimate of drug-likeness (QED) is 0.457. The number of anilines is 1. The number of fused-ring (bicyclic) bond motifs is 1. The monoisotopic (exact) mass is 447 g/mol. The fourth-order valence-corrected chi connectivity index (χ4v) is 4.85. The number of rotatable bonds is 7. The van der Waals surface area contributed by atoms with Crippen LogP contribution in [0.1, 0.15) is 44.0 Å². The van der Waals surface area contributed by atoms with Crippen LogP contribution in [0.5, 0.6) is 5.75 Å². The molecule has 3 heterocycles. The van der Waals surface area contributed by atoms with Gasteiger partial charge in [-0.25, -0.2) is 0 Å².